The predicted molar refractivity (Wildman–Crippen MR) is 85.6 cm³/mol. The Labute approximate surface area is 124 Å². The Morgan fingerprint density at radius 2 is 2.20 bits per heavy atom. The summed E-state index contributed by atoms with van der Waals surface area (Å²) in [7, 11) is 2.16. The molecule has 1 unspecified atom stereocenters. The van der Waals surface area contributed by atoms with Crippen LogP contribution in [0.2, 0.25) is 0 Å². The Morgan fingerprint density at radius 3 is 2.85 bits per heavy atom. The van der Waals surface area contributed by atoms with Gasteiger partial charge in [0.05, 0.1) is 5.69 Å². The largest absolute Gasteiger partial charge is 0.355 e. The Kier molecular flexibility index (Phi) is 3.73. The summed E-state index contributed by atoms with van der Waals surface area (Å²) in [5.74, 6) is 1.75. The van der Waals surface area contributed by atoms with Crippen molar-refractivity contribution in [1.29, 1.82) is 0 Å². The number of fused-ring (bicyclic) bond motifs is 1. The fraction of sp³-hybridized carbons (Fsp3) is 0.667. The highest BCUT2D eigenvalue weighted by Gasteiger charge is 2.25. The minimum atomic E-state index is 0.485. The van der Waals surface area contributed by atoms with E-state index in [0.717, 1.165) is 23.4 Å². The van der Waals surface area contributed by atoms with Gasteiger partial charge in [0.25, 0.3) is 0 Å². The topological polar surface area (TPSA) is 32.6 Å². The van der Waals surface area contributed by atoms with Crippen molar-refractivity contribution in [2.75, 3.05) is 11.9 Å². The van der Waals surface area contributed by atoms with Crippen LogP contribution in [0.3, 0.4) is 0 Å². The van der Waals surface area contributed by atoms with E-state index in [4.69, 9.17) is 4.98 Å². The first-order chi connectivity index (χ1) is 9.58. The van der Waals surface area contributed by atoms with Crippen LogP contribution in [0.15, 0.2) is 11.6 Å². The zero-order valence-electron chi connectivity index (χ0n) is 12.8. The third kappa shape index (κ3) is 2.56. The van der Waals surface area contributed by atoms with Crippen LogP contribution in [0.25, 0.3) is 4.96 Å². The second-order valence-electron chi connectivity index (χ2n) is 6.19. The van der Waals surface area contributed by atoms with Gasteiger partial charge in [-0.15, -0.1) is 11.3 Å². The lowest BCUT2D eigenvalue weighted by atomic mass is 10.1. The van der Waals surface area contributed by atoms with Crippen LogP contribution in [0.4, 0.5) is 5.82 Å². The zero-order valence-corrected chi connectivity index (χ0v) is 13.6. The highest BCUT2D eigenvalue weighted by atomic mass is 32.1. The molecule has 2 aromatic heterocycles. The van der Waals surface area contributed by atoms with Crippen LogP contribution in [0, 0.1) is 5.92 Å². The van der Waals surface area contributed by atoms with Gasteiger partial charge in [-0.1, -0.05) is 13.8 Å². The highest BCUT2D eigenvalue weighted by molar-refractivity contribution is 7.15. The summed E-state index contributed by atoms with van der Waals surface area (Å²) >= 11 is 1.71. The second-order valence-corrected chi connectivity index (χ2v) is 7.06. The first kappa shape index (κ1) is 13.9. The van der Waals surface area contributed by atoms with Gasteiger partial charge in [-0.05, 0) is 25.7 Å². The first-order valence-electron chi connectivity index (χ1n) is 7.48. The van der Waals surface area contributed by atoms with Gasteiger partial charge in [-0.3, -0.25) is 4.40 Å². The molecule has 1 fully saturated rings. The molecule has 1 N–H and O–H groups in total. The maximum atomic E-state index is 4.84. The minimum absolute atomic E-state index is 0.485. The van der Waals surface area contributed by atoms with Gasteiger partial charge in [-0.2, -0.15) is 0 Å². The molecule has 2 heterocycles. The lowest BCUT2D eigenvalue weighted by Crippen LogP contribution is -2.34. The summed E-state index contributed by atoms with van der Waals surface area (Å²) in [6, 6.07) is 1.21. The maximum absolute atomic E-state index is 4.84. The molecule has 0 aromatic carbocycles. The third-order valence-electron chi connectivity index (χ3n) is 4.39. The molecule has 0 amide bonds. The zero-order chi connectivity index (χ0) is 14.3. The monoisotopic (exact) mass is 292 g/mol. The quantitative estimate of drug-likeness (QED) is 0.888. The van der Waals surface area contributed by atoms with Gasteiger partial charge in [0, 0.05) is 37.3 Å². The van der Waals surface area contributed by atoms with E-state index in [-0.39, 0.29) is 0 Å². The molecule has 20 heavy (non-hydrogen) atoms. The molecule has 110 valence electrons. The highest BCUT2D eigenvalue weighted by Crippen LogP contribution is 2.28. The molecule has 1 aliphatic rings. The SMILES string of the molecule is CC(C)C(C)N(C)c1nc2sccn2c1CNC1CC1. The van der Waals surface area contributed by atoms with E-state index in [1.54, 1.807) is 11.3 Å². The minimum Gasteiger partial charge on any atom is -0.355 e. The fourth-order valence-electron chi connectivity index (χ4n) is 2.44. The van der Waals surface area contributed by atoms with Crippen LogP contribution in [-0.4, -0.2) is 28.5 Å². The summed E-state index contributed by atoms with van der Waals surface area (Å²) in [6.45, 7) is 7.71. The Bertz CT molecular complexity index is 582. The van der Waals surface area contributed by atoms with Gasteiger partial charge < -0.3 is 10.2 Å². The lowest BCUT2D eigenvalue weighted by molar-refractivity contribution is 0.501. The molecule has 0 aliphatic heterocycles. The summed E-state index contributed by atoms with van der Waals surface area (Å²) in [5.41, 5.74) is 1.29. The molecule has 4 nitrogen and oxygen atoms in total. The third-order valence-corrected chi connectivity index (χ3v) is 5.14. The van der Waals surface area contributed by atoms with E-state index in [9.17, 15) is 0 Å². The van der Waals surface area contributed by atoms with Crippen molar-refractivity contribution in [1.82, 2.24) is 14.7 Å². The van der Waals surface area contributed by atoms with Crippen LogP contribution < -0.4 is 10.2 Å². The molecule has 2 aromatic rings. The number of nitrogens with one attached hydrogen (secondary N) is 1. The Hall–Kier alpha value is -1.07. The van der Waals surface area contributed by atoms with Crippen LogP contribution in [0.5, 0.6) is 0 Å². The number of imidazole rings is 1. The molecule has 3 rings (SSSR count). The summed E-state index contributed by atoms with van der Waals surface area (Å²) < 4.78 is 2.24. The van der Waals surface area contributed by atoms with E-state index < -0.39 is 0 Å². The molecule has 0 saturated heterocycles. The van der Waals surface area contributed by atoms with Crippen molar-refractivity contribution in [3.8, 4) is 0 Å². The van der Waals surface area contributed by atoms with Gasteiger partial charge in [-0.25, -0.2) is 4.98 Å². The number of anilines is 1. The van der Waals surface area contributed by atoms with E-state index in [2.05, 4.69) is 54.0 Å². The van der Waals surface area contributed by atoms with Gasteiger partial charge in [0.2, 0.25) is 0 Å². The smallest absolute Gasteiger partial charge is 0.195 e. The number of rotatable bonds is 6. The molecule has 1 atom stereocenters. The number of nitrogens with zero attached hydrogens (tertiary/aromatic N) is 3. The summed E-state index contributed by atoms with van der Waals surface area (Å²) in [4.78, 5) is 8.26. The van der Waals surface area contributed by atoms with Crippen molar-refractivity contribution >= 4 is 22.1 Å². The molecule has 1 aliphatic carbocycles. The average molecular weight is 292 g/mol. The van der Waals surface area contributed by atoms with Crippen molar-refractivity contribution in [3.05, 3.63) is 17.3 Å². The standard InChI is InChI=1S/C15H24N4S/c1-10(2)11(3)18(4)14-13(9-16-12-5-6-12)19-7-8-20-15(19)17-14/h7-8,10-12,16H,5-6,9H2,1-4H3. The average Bonchev–Trinajstić information content (AvgIpc) is 3.02. The molecular formula is C15H24N4S. The normalized spacial score (nSPS) is 17.1. The molecule has 0 radical (unpaired) electrons. The van der Waals surface area contributed by atoms with E-state index in [1.165, 1.54) is 18.5 Å². The number of hydrogen-bond donors (Lipinski definition) is 1. The lowest BCUT2D eigenvalue weighted by Gasteiger charge is -2.29. The second kappa shape index (κ2) is 5.37. The van der Waals surface area contributed by atoms with Gasteiger partial charge in [0.15, 0.2) is 10.8 Å². The van der Waals surface area contributed by atoms with E-state index in [0.29, 0.717) is 12.0 Å². The fourth-order valence-corrected chi connectivity index (χ4v) is 3.16. The van der Waals surface area contributed by atoms with Gasteiger partial charge >= 0.3 is 0 Å². The van der Waals surface area contributed by atoms with Crippen LogP contribution >= 0.6 is 11.3 Å². The first-order valence-corrected chi connectivity index (χ1v) is 8.36. The van der Waals surface area contributed by atoms with Crippen molar-refractivity contribution in [2.24, 2.45) is 5.92 Å². The molecule has 5 heteroatoms. The number of aromatic nitrogens is 2. The van der Waals surface area contributed by atoms with Crippen LogP contribution in [-0.2, 0) is 6.54 Å². The number of thiazole rings is 1. The predicted octanol–water partition coefficient (Wildman–Crippen LogP) is 3.13. The maximum Gasteiger partial charge on any atom is 0.195 e. The Balaban J connectivity index is 1.91. The van der Waals surface area contributed by atoms with Gasteiger partial charge in [0.1, 0.15) is 0 Å². The van der Waals surface area contributed by atoms with E-state index >= 15 is 0 Å². The molecule has 0 bridgehead atoms. The summed E-state index contributed by atoms with van der Waals surface area (Å²) in [6.07, 6.45) is 4.77. The van der Waals surface area contributed by atoms with Crippen molar-refractivity contribution in [3.63, 3.8) is 0 Å². The summed E-state index contributed by atoms with van der Waals surface area (Å²) in [5, 5.41) is 5.73. The molecule has 0 spiro atoms. The van der Waals surface area contributed by atoms with Crippen LogP contribution in [0.1, 0.15) is 39.3 Å². The number of hydrogen-bond acceptors (Lipinski definition) is 4. The van der Waals surface area contributed by atoms with Crippen molar-refractivity contribution < 1.29 is 0 Å². The molecular weight excluding hydrogens is 268 g/mol. The molecule has 1 saturated carbocycles. The van der Waals surface area contributed by atoms with E-state index in [1.807, 2.05) is 0 Å². The van der Waals surface area contributed by atoms with Crippen molar-refractivity contribution in [2.45, 2.75) is 52.2 Å². The Morgan fingerprint density at radius 1 is 1.45 bits per heavy atom.